The molecule has 0 fully saturated rings. The van der Waals surface area contributed by atoms with Crippen molar-refractivity contribution in [2.75, 3.05) is 26.2 Å². The molecule has 5 nitrogen and oxygen atoms in total. The van der Waals surface area contributed by atoms with Crippen LogP contribution >= 0.6 is 35.6 Å². The maximum Gasteiger partial charge on any atom is 0.241 e. The van der Waals surface area contributed by atoms with Crippen molar-refractivity contribution in [2.45, 2.75) is 20.3 Å². The van der Waals surface area contributed by atoms with Gasteiger partial charge < -0.3 is 16.0 Å². The lowest BCUT2D eigenvalue weighted by molar-refractivity contribution is -0.119. The Labute approximate surface area is 154 Å². The minimum atomic E-state index is -0.0826. The Morgan fingerprint density at radius 1 is 1.14 bits per heavy atom. The van der Waals surface area contributed by atoms with Crippen LogP contribution in [0.1, 0.15) is 19.4 Å². The first-order valence-electron chi connectivity index (χ1n) is 7.19. The van der Waals surface area contributed by atoms with E-state index in [0.717, 1.165) is 23.6 Å². The molecule has 0 aliphatic rings. The Morgan fingerprint density at radius 2 is 1.82 bits per heavy atom. The largest absolute Gasteiger partial charge is 0.357 e. The summed E-state index contributed by atoms with van der Waals surface area (Å²) in [6, 6.07) is 7.76. The predicted octanol–water partition coefficient (Wildman–Crippen LogP) is 2.19. The predicted molar refractivity (Wildman–Crippen MR) is 103 cm³/mol. The van der Waals surface area contributed by atoms with Crippen molar-refractivity contribution in [1.29, 1.82) is 0 Å². The summed E-state index contributed by atoms with van der Waals surface area (Å²) in [4.78, 5) is 15.6. The first kappa shape index (κ1) is 21.0. The molecule has 7 heteroatoms. The molecule has 124 valence electrons. The zero-order valence-electron chi connectivity index (χ0n) is 13.0. The van der Waals surface area contributed by atoms with Gasteiger partial charge in [-0.05, 0) is 31.9 Å². The molecule has 22 heavy (non-hydrogen) atoms. The van der Waals surface area contributed by atoms with Crippen LogP contribution in [0.25, 0.3) is 0 Å². The molecule has 0 heterocycles. The maximum atomic E-state index is 11.4. The Hall–Kier alpha value is -1.02. The molecule has 1 aromatic rings. The molecule has 1 rings (SSSR count). The highest BCUT2D eigenvalue weighted by atomic mass is 127. The molecule has 0 aliphatic carbocycles. The molecule has 3 N–H and O–H groups in total. The van der Waals surface area contributed by atoms with Gasteiger partial charge in [-0.2, -0.15) is 0 Å². The molecular weight excluding hydrogens is 415 g/mol. The standard InChI is InChI=1S/C15H23ClN4O.HI/c1-3-17-14(21)11-20-15(18-4-2)19-10-9-12-7-5-6-8-13(12)16;/h5-8H,3-4,9-11H2,1-2H3,(H,17,21)(H2,18,19,20);1H. The molecule has 0 saturated heterocycles. The van der Waals surface area contributed by atoms with Crippen molar-refractivity contribution < 1.29 is 4.79 Å². The number of carbonyl (C=O) groups is 1. The second kappa shape index (κ2) is 12.5. The van der Waals surface area contributed by atoms with Gasteiger partial charge in [-0.25, -0.2) is 4.99 Å². The van der Waals surface area contributed by atoms with E-state index in [-0.39, 0.29) is 36.4 Å². The first-order chi connectivity index (χ1) is 10.2. The van der Waals surface area contributed by atoms with Gasteiger partial charge in [0.1, 0.15) is 6.54 Å². The third-order valence-corrected chi connectivity index (χ3v) is 3.11. The van der Waals surface area contributed by atoms with E-state index < -0.39 is 0 Å². The van der Waals surface area contributed by atoms with E-state index in [1.807, 2.05) is 38.1 Å². The molecule has 0 atom stereocenters. The van der Waals surface area contributed by atoms with Gasteiger partial charge in [0.2, 0.25) is 5.91 Å². The van der Waals surface area contributed by atoms with E-state index >= 15 is 0 Å². The smallest absolute Gasteiger partial charge is 0.241 e. The number of rotatable bonds is 7. The number of benzene rings is 1. The van der Waals surface area contributed by atoms with Crippen LogP contribution in [0.2, 0.25) is 5.02 Å². The summed E-state index contributed by atoms with van der Waals surface area (Å²) < 4.78 is 0. The van der Waals surface area contributed by atoms with Gasteiger partial charge in [0.15, 0.2) is 5.96 Å². The Kier molecular flexibility index (Phi) is 11.9. The summed E-state index contributed by atoms with van der Waals surface area (Å²) in [5.41, 5.74) is 1.09. The van der Waals surface area contributed by atoms with Gasteiger partial charge in [-0.1, -0.05) is 29.8 Å². The van der Waals surface area contributed by atoms with E-state index in [1.54, 1.807) is 0 Å². The van der Waals surface area contributed by atoms with Crippen molar-refractivity contribution >= 4 is 47.4 Å². The molecule has 0 aliphatic heterocycles. The van der Waals surface area contributed by atoms with Crippen molar-refractivity contribution in [3.05, 3.63) is 34.9 Å². The fourth-order valence-corrected chi connectivity index (χ4v) is 1.99. The highest BCUT2D eigenvalue weighted by Crippen LogP contribution is 2.14. The van der Waals surface area contributed by atoms with Crippen molar-refractivity contribution in [1.82, 2.24) is 16.0 Å². The van der Waals surface area contributed by atoms with Crippen molar-refractivity contribution in [2.24, 2.45) is 4.99 Å². The number of halogens is 2. The first-order valence-corrected chi connectivity index (χ1v) is 7.57. The average molecular weight is 439 g/mol. The van der Waals surface area contributed by atoms with E-state index in [0.29, 0.717) is 19.0 Å². The summed E-state index contributed by atoms with van der Waals surface area (Å²) in [6.07, 6.45) is 0.797. The Morgan fingerprint density at radius 3 is 2.45 bits per heavy atom. The fraction of sp³-hybridized carbons (Fsp3) is 0.467. The number of carbonyl (C=O) groups excluding carboxylic acids is 1. The molecule has 1 amide bonds. The number of nitrogens with one attached hydrogen (secondary N) is 3. The highest BCUT2D eigenvalue weighted by molar-refractivity contribution is 14.0. The maximum absolute atomic E-state index is 11.4. The number of amides is 1. The molecule has 0 radical (unpaired) electrons. The summed E-state index contributed by atoms with van der Waals surface area (Å²) in [6.45, 7) is 6.05. The quantitative estimate of drug-likeness (QED) is 0.347. The fourth-order valence-electron chi connectivity index (χ4n) is 1.76. The van der Waals surface area contributed by atoms with Gasteiger partial charge in [0.05, 0.1) is 0 Å². The number of nitrogens with zero attached hydrogens (tertiary/aromatic N) is 1. The van der Waals surface area contributed by atoms with Gasteiger partial charge in [0.25, 0.3) is 0 Å². The second-order valence-electron chi connectivity index (χ2n) is 4.42. The van der Waals surface area contributed by atoms with E-state index in [4.69, 9.17) is 11.6 Å². The lowest BCUT2D eigenvalue weighted by Gasteiger charge is -2.11. The Balaban J connectivity index is 0.00000441. The number of hydrogen-bond acceptors (Lipinski definition) is 2. The summed E-state index contributed by atoms with van der Waals surface area (Å²) in [5.74, 6) is 0.552. The third-order valence-electron chi connectivity index (χ3n) is 2.74. The van der Waals surface area contributed by atoms with Gasteiger partial charge in [-0.3, -0.25) is 4.79 Å². The number of guanidine groups is 1. The normalized spacial score (nSPS) is 10.6. The molecule has 0 saturated carbocycles. The van der Waals surface area contributed by atoms with E-state index in [1.165, 1.54) is 0 Å². The zero-order chi connectivity index (χ0) is 15.5. The SMILES string of the molecule is CCNC(=O)CN=C(NCC)NCCc1ccccc1Cl.I. The zero-order valence-corrected chi connectivity index (χ0v) is 16.1. The van der Waals surface area contributed by atoms with Gasteiger partial charge in [0, 0.05) is 24.7 Å². The number of likely N-dealkylation sites (N-methyl/N-ethyl adjacent to an activating group) is 1. The van der Waals surface area contributed by atoms with Crippen LogP contribution in [0, 0.1) is 0 Å². The minimum absolute atomic E-state index is 0. The lowest BCUT2D eigenvalue weighted by atomic mass is 10.1. The van der Waals surface area contributed by atoms with E-state index in [2.05, 4.69) is 20.9 Å². The van der Waals surface area contributed by atoms with Crippen LogP contribution in [0.3, 0.4) is 0 Å². The lowest BCUT2D eigenvalue weighted by Crippen LogP contribution is -2.39. The number of aliphatic imine (C=N–C) groups is 1. The molecule has 0 spiro atoms. The van der Waals surface area contributed by atoms with Crippen molar-refractivity contribution in [3.8, 4) is 0 Å². The topological polar surface area (TPSA) is 65.5 Å². The Bertz CT molecular complexity index is 482. The van der Waals surface area contributed by atoms with Crippen LogP contribution in [-0.4, -0.2) is 38.0 Å². The summed E-state index contributed by atoms with van der Waals surface area (Å²) in [5, 5.41) is 9.78. The van der Waals surface area contributed by atoms with Crippen LogP contribution in [0.15, 0.2) is 29.3 Å². The number of hydrogen-bond donors (Lipinski definition) is 3. The molecule has 1 aromatic carbocycles. The third kappa shape index (κ3) is 8.43. The van der Waals surface area contributed by atoms with Crippen LogP contribution in [0.4, 0.5) is 0 Å². The molecule has 0 unspecified atom stereocenters. The molecular formula is C15H24ClIN4O. The summed E-state index contributed by atoms with van der Waals surface area (Å²) >= 11 is 6.11. The van der Waals surface area contributed by atoms with Crippen LogP contribution < -0.4 is 16.0 Å². The van der Waals surface area contributed by atoms with Gasteiger partial charge in [-0.15, -0.1) is 24.0 Å². The average Bonchev–Trinajstić information content (AvgIpc) is 2.47. The molecule has 0 aromatic heterocycles. The van der Waals surface area contributed by atoms with E-state index in [9.17, 15) is 4.79 Å². The highest BCUT2D eigenvalue weighted by Gasteiger charge is 2.02. The summed E-state index contributed by atoms with van der Waals surface area (Å²) in [7, 11) is 0. The minimum Gasteiger partial charge on any atom is -0.357 e. The van der Waals surface area contributed by atoms with Gasteiger partial charge >= 0.3 is 0 Å². The second-order valence-corrected chi connectivity index (χ2v) is 4.82. The molecule has 0 bridgehead atoms. The van der Waals surface area contributed by atoms with Crippen LogP contribution in [0.5, 0.6) is 0 Å². The van der Waals surface area contributed by atoms with Crippen molar-refractivity contribution in [3.63, 3.8) is 0 Å². The van der Waals surface area contributed by atoms with Crippen LogP contribution in [-0.2, 0) is 11.2 Å². The monoisotopic (exact) mass is 438 g/mol.